The maximum Gasteiger partial charge on any atom is 0.113 e. The molecule has 2 unspecified atom stereocenters. The van der Waals surface area contributed by atoms with Crippen molar-refractivity contribution in [1.29, 1.82) is 0 Å². The number of nitrogens with zero attached hydrogens (tertiary/aromatic N) is 1. The van der Waals surface area contributed by atoms with Crippen LogP contribution in [0.1, 0.15) is 62.5 Å². The highest BCUT2D eigenvalue weighted by Crippen LogP contribution is 2.42. The number of aryl methyl sites for hydroxylation is 2. The number of rotatable bonds is 3. The molecule has 112 valence electrons. The van der Waals surface area contributed by atoms with Crippen LogP contribution in [-0.2, 0) is 23.1 Å². The molecule has 0 amide bonds. The summed E-state index contributed by atoms with van der Waals surface area (Å²) in [5.74, 6) is 0. The Morgan fingerprint density at radius 2 is 1.95 bits per heavy atom. The van der Waals surface area contributed by atoms with E-state index in [-0.39, 0.29) is 5.54 Å². The third kappa shape index (κ3) is 2.66. The van der Waals surface area contributed by atoms with Gasteiger partial charge in [-0.25, -0.2) is 4.98 Å². The van der Waals surface area contributed by atoms with Gasteiger partial charge in [0.25, 0.3) is 0 Å². The van der Waals surface area contributed by atoms with E-state index < -0.39 is 0 Å². The summed E-state index contributed by atoms with van der Waals surface area (Å²) < 4.78 is 5.96. The van der Waals surface area contributed by atoms with Gasteiger partial charge in [0.15, 0.2) is 0 Å². The van der Waals surface area contributed by atoms with E-state index in [1.165, 1.54) is 34.8 Å². The average Bonchev–Trinajstić information content (AvgIpc) is 2.85. The van der Waals surface area contributed by atoms with Crippen LogP contribution in [0, 0.1) is 0 Å². The first kappa shape index (κ1) is 14.5. The van der Waals surface area contributed by atoms with Gasteiger partial charge in [0.1, 0.15) is 5.01 Å². The number of thiazole rings is 1. The molecule has 3 rings (SSSR count). The van der Waals surface area contributed by atoms with Crippen LogP contribution >= 0.6 is 11.3 Å². The van der Waals surface area contributed by atoms with Crippen LogP contribution < -0.4 is 5.32 Å². The molecule has 4 heteroatoms. The van der Waals surface area contributed by atoms with Crippen molar-refractivity contribution in [1.82, 2.24) is 10.3 Å². The minimum atomic E-state index is 0.0141. The summed E-state index contributed by atoms with van der Waals surface area (Å²) in [6.45, 7) is 8.84. The summed E-state index contributed by atoms with van der Waals surface area (Å²) in [4.78, 5) is 6.53. The summed E-state index contributed by atoms with van der Waals surface area (Å²) in [7, 11) is 0. The molecule has 2 heterocycles. The topological polar surface area (TPSA) is 34.2 Å². The Morgan fingerprint density at radius 3 is 2.55 bits per heavy atom. The molecule has 2 atom stereocenters. The second-order valence-corrected chi connectivity index (χ2v) is 7.87. The van der Waals surface area contributed by atoms with Crippen LogP contribution in [0.4, 0.5) is 0 Å². The Labute approximate surface area is 126 Å². The lowest BCUT2D eigenvalue weighted by molar-refractivity contribution is -0.0730. The zero-order valence-corrected chi connectivity index (χ0v) is 13.8. The first-order valence-corrected chi connectivity index (χ1v) is 8.72. The predicted octanol–water partition coefficient (Wildman–Crippen LogP) is 3.41. The maximum absolute atomic E-state index is 5.96. The average molecular weight is 294 g/mol. The van der Waals surface area contributed by atoms with E-state index >= 15 is 0 Å². The second-order valence-electron chi connectivity index (χ2n) is 6.79. The minimum absolute atomic E-state index is 0.0141. The van der Waals surface area contributed by atoms with Crippen LogP contribution in [0.2, 0.25) is 0 Å². The fourth-order valence-electron chi connectivity index (χ4n) is 3.86. The van der Waals surface area contributed by atoms with Crippen molar-refractivity contribution in [2.45, 2.75) is 83.6 Å². The molecular formula is C16H26N2OS. The third-order valence-electron chi connectivity index (χ3n) is 4.31. The lowest BCUT2D eigenvalue weighted by Gasteiger charge is -2.43. The molecule has 1 fully saturated rings. The van der Waals surface area contributed by atoms with Gasteiger partial charge in [-0.15, -0.1) is 11.3 Å². The molecule has 0 bridgehead atoms. The van der Waals surface area contributed by atoms with Crippen molar-refractivity contribution in [3.05, 3.63) is 15.6 Å². The molecule has 1 N–H and O–H groups in total. The van der Waals surface area contributed by atoms with Crippen LogP contribution in [0.15, 0.2) is 0 Å². The van der Waals surface area contributed by atoms with E-state index in [9.17, 15) is 0 Å². The van der Waals surface area contributed by atoms with Gasteiger partial charge in [-0.1, -0.05) is 0 Å². The van der Waals surface area contributed by atoms with Crippen molar-refractivity contribution >= 4 is 11.3 Å². The Bertz CT molecular complexity index is 446. The number of aromatic nitrogens is 1. The lowest BCUT2D eigenvalue weighted by Crippen LogP contribution is -2.53. The molecule has 20 heavy (non-hydrogen) atoms. The van der Waals surface area contributed by atoms with E-state index in [0.717, 1.165) is 12.8 Å². The molecule has 1 aliphatic heterocycles. The van der Waals surface area contributed by atoms with Crippen molar-refractivity contribution < 1.29 is 4.74 Å². The Balaban J connectivity index is 1.95. The van der Waals surface area contributed by atoms with Gasteiger partial charge < -0.3 is 10.1 Å². The molecule has 3 nitrogen and oxygen atoms in total. The smallest absolute Gasteiger partial charge is 0.113 e. The number of ether oxygens (including phenoxy) is 1. The highest BCUT2D eigenvalue weighted by Gasteiger charge is 2.43. The lowest BCUT2D eigenvalue weighted by atomic mass is 9.84. The molecule has 0 aromatic carbocycles. The summed E-state index contributed by atoms with van der Waals surface area (Å²) in [6, 6.07) is 0.464. The molecule has 2 aliphatic rings. The highest BCUT2D eigenvalue weighted by atomic mass is 32.1. The Kier molecular flexibility index (Phi) is 3.91. The first-order chi connectivity index (χ1) is 9.48. The van der Waals surface area contributed by atoms with Crippen molar-refractivity contribution in [3.8, 4) is 0 Å². The molecule has 0 spiro atoms. The summed E-state index contributed by atoms with van der Waals surface area (Å²) >= 11 is 1.94. The zero-order chi connectivity index (χ0) is 14.3. The molecule has 1 saturated heterocycles. The van der Waals surface area contributed by atoms with E-state index in [0.29, 0.717) is 18.2 Å². The Hall–Kier alpha value is -0.450. The Morgan fingerprint density at radius 1 is 1.25 bits per heavy atom. The van der Waals surface area contributed by atoms with Crippen LogP contribution in [-0.4, -0.2) is 23.2 Å². The summed E-state index contributed by atoms with van der Waals surface area (Å²) in [5.41, 5.74) is 1.38. The van der Waals surface area contributed by atoms with Crippen LogP contribution in [0.5, 0.6) is 0 Å². The predicted molar refractivity (Wildman–Crippen MR) is 83.3 cm³/mol. The standard InChI is InChI=1S/C16H26N2OS/c1-10(2)18-16(8-11(3)19-12(4)9-16)15-17-13-6-5-7-14(13)20-15/h10-12,18H,5-9H2,1-4H3. The van der Waals surface area contributed by atoms with E-state index in [2.05, 4.69) is 33.0 Å². The minimum Gasteiger partial charge on any atom is -0.375 e. The molecule has 1 aromatic heterocycles. The number of nitrogens with one attached hydrogen (secondary N) is 1. The number of hydrogen-bond donors (Lipinski definition) is 1. The van der Waals surface area contributed by atoms with E-state index in [4.69, 9.17) is 9.72 Å². The number of hydrogen-bond acceptors (Lipinski definition) is 4. The largest absolute Gasteiger partial charge is 0.375 e. The van der Waals surface area contributed by atoms with Gasteiger partial charge >= 0.3 is 0 Å². The number of fused-ring (bicyclic) bond motifs is 1. The molecule has 0 saturated carbocycles. The van der Waals surface area contributed by atoms with Crippen LogP contribution in [0.25, 0.3) is 0 Å². The van der Waals surface area contributed by atoms with Crippen molar-refractivity contribution in [2.75, 3.05) is 0 Å². The van der Waals surface area contributed by atoms with Crippen LogP contribution in [0.3, 0.4) is 0 Å². The first-order valence-electron chi connectivity index (χ1n) is 7.91. The molecule has 1 aliphatic carbocycles. The van der Waals surface area contributed by atoms with Crippen molar-refractivity contribution in [3.63, 3.8) is 0 Å². The van der Waals surface area contributed by atoms with Gasteiger partial charge in [0, 0.05) is 10.9 Å². The zero-order valence-electron chi connectivity index (χ0n) is 13.0. The van der Waals surface area contributed by atoms with Crippen molar-refractivity contribution in [2.24, 2.45) is 0 Å². The maximum atomic E-state index is 5.96. The second kappa shape index (κ2) is 5.39. The molecule has 1 aromatic rings. The van der Waals surface area contributed by atoms with Gasteiger partial charge in [-0.05, 0) is 59.8 Å². The monoisotopic (exact) mass is 294 g/mol. The summed E-state index contributed by atoms with van der Waals surface area (Å²) in [5, 5.41) is 5.13. The fraction of sp³-hybridized carbons (Fsp3) is 0.812. The van der Waals surface area contributed by atoms with E-state index in [1.807, 2.05) is 11.3 Å². The summed E-state index contributed by atoms with van der Waals surface area (Å²) in [6.07, 6.45) is 6.34. The quantitative estimate of drug-likeness (QED) is 0.927. The normalized spacial score (nSPS) is 33.6. The third-order valence-corrected chi connectivity index (χ3v) is 5.67. The van der Waals surface area contributed by atoms with Gasteiger partial charge in [-0.2, -0.15) is 0 Å². The molecule has 0 radical (unpaired) electrons. The highest BCUT2D eigenvalue weighted by molar-refractivity contribution is 7.12. The molecular weight excluding hydrogens is 268 g/mol. The van der Waals surface area contributed by atoms with Gasteiger partial charge in [0.2, 0.25) is 0 Å². The van der Waals surface area contributed by atoms with Gasteiger partial charge in [0.05, 0.1) is 23.4 Å². The van der Waals surface area contributed by atoms with Gasteiger partial charge in [-0.3, -0.25) is 0 Å². The fourth-order valence-corrected chi connectivity index (χ4v) is 5.18. The SMILES string of the molecule is CC(C)NC1(c2nc3c(s2)CCC3)CC(C)OC(C)C1. The van der Waals surface area contributed by atoms with E-state index in [1.54, 1.807) is 0 Å².